The van der Waals surface area contributed by atoms with E-state index in [-0.39, 0.29) is 11.7 Å². The second-order valence-electron chi connectivity index (χ2n) is 4.87. The molecule has 17 heavy (non-hydrogen) atoms. The Balaban J connectivity index is 2.04. The summed E-state index contributed by atoms with van der Waals surface area (Å²) in [7, 11) is 0. The highest BCUT2D eigenvalue weighted by Crippen LogP contribution is 2.45. The molecule has 2 N–H and O–H groups in total. The van der Waals surface area contributed by atoms with Crippen LogP contribution in [0.5, 0.6) is 0 Å². The van der Waals surface area contributed by atoms with Crippen molar-refractivity contribution in [2.24, 2.45) is 5.92 Å². The lowest BCUT2D eigenvalue weighted by atomic mass is 9.91. The number of rotatable bonds is 1. The van der Waals surface area contributed by atoms with E-state index in [9.17, 15) is 9.18 Å². The Morgan fingerprint density at radius 2 is 2.12 bits per heavy atom. The molecule has 0 saturated heterocycles. The molecule has 1 aromatic carbocycles. The van der Waals surface area contributed by atoms with E-state index in [1.165, 1.54) is 6.07 Å². The maximum atomic E-state index is 13.5. The van der Waals surface area contributed by atoms with Crippen molar-refractivity contribution in [3.8, 4) is 0 Å². The van der Waals surface area contributed by atoms with Gasteiger partial charge in [-0.1, -0.05) is 0 Å². The van der Waals surface area contributed by atoms with Crippen LogP contribution in [0.4, 0.5) is 15.8 Å². The van der Waals surface area contributed by atoms with Crippen molar-refractivity contribution >= 4 is 39.9 Å². The Kier molecular flexibility index (Phi) is 2.36. The fourth-order valence-corrected chi connectivity index (χ4v) is 2.76. The number of fused-ring (bicyclic) bond motifs is 1. The lowest BCUT2D eigenvalue weighted by Crippen LogP contribution is -2.51. The largest absolute Gasteiger partial charge is 0.369 e. The van der Waals surface area contributed by atoms with Gasteiger partial charge in [0.2, 0.25) is 5.91 Å². The zero-order valence-corrected chi connectivity index (χ0v) is 11.5. The lowest BCUT2D eigenvalue weighted by molar-refractivity contribution is -0.120. The topological polar surface area (TPSA) is 41.1 Å². The maximum Gasteiger partial charge on any atom is 0.250 e. The summed E-state index contributed by atoms with van der Waals surface area (Å²) < 4.78 is 14.0. The van der Waals surface area contributed by atoms with Crippen molar-refractivity contribution in [2.45, 2.75) is 25.3 Å². The summed E-state index contributed by atoms with van der Waals surface area (Å²) in [6.07, 6.45) is 2.11. The minimum absolute atomic E-state index is 0.0186. The van der Waals surface area contributed by atoms with Crippen molar-refractivity contribution in [1.82, 2.24) is 0 Å². The number of anilines is 2. The predicted octanol–water partition coefficient (Wildman–Crippen LogP) is 2.96. The molecule has 1 atom stereocenters. The monoisotopic (exact) mass is 346 g/mol. The van der Waals surface area contributed by atoms with E-state index < -0.39 is 5.54 Å². The molecular formula is C12H12FIN2O. The first-order valence-electron chi connectivity index (χ1n) is 5.59. The molecule has 1 heterocycles. The van der Waals surface area contributed by atoms with Crippen LogP contribution in [0.2, 0.25) is 0 Å². The van der Waals surface area contributed by atoms with E-state index >= 15 is 0 Å². The molecule has 3 rings (SSSR count). The zero-order chi connectivity index (χ0) is 12.2. The van der Waals surface area contributed by atoms with Crippen molar-refractivity contribution in [1.29, 1.82) is 0 Å². The van der Waals surface area contributed by atoms with E-state index in [0.29, 0.717) is 20.9 Å². The molecule has 3 nitrogen and oxygen atoms in total. The van der Waals surface area contributed by atoms with Crippen molar-refractivity contribution in [3.63, 3.8) is 0 Å². The molecule has 1 amide bonds. The van der Waals surface area contributed by atoms with Crippen LogP contribution in [0.15, 0.2) is 12.1 Å². The molecule has 1 aromatic rings. The Labute approximate surface area is 112 Å². The van der Waals surface area contributed by atoms with Gasteiger partial charge in [-0.15, -0.1) is 0 Å². The third kappa shape index (κ3) is 1.71. The molecule has 1 saturated carbocycles. The summed E-state index contributed by atoms with van der Waals surface area (Å²) in [6.45, 7) is 1.89. The first-order valence-corrected chi connectivity index (χ1v) is 6.67. The summed E-state index contributed by atoms with van der Waals surface area (Å²) in [5.74, 6) is 0.0824. The molecule has 1 fully saturated rings. The van der Waals surface area contributed by atoms with E-state index in [4.69, 9.17) is 0 Å². The number of carbonyl (C=O) groups excluding carboxylic acids is 1. The van der Waals surface area contributed by atoms with Crippen LogP contribution in [0.25, 0.3) is 0 Å². The molecule has 2 aliphatic rings. The van der Waals surface area contributed by atoms with Gasteiger partial charge in [-0.05, 0) is 54.3 Å². The first kappa shape index (κ1) is 11.3. The number of halogens is 2. The summed E-state index contributed by atoms with van der Waals surface area (Å²) >= 11 is 1.92. The van der Waals surface area contributed by atoms with Gasteiger partial charge in [0, 0.05) is 6.07 Å². The maximum absolute atomic E-state index is 13.5. The fourth-order valence-electron chi connectivity index (χ4n) is 2.29. The predicted molar refractivity (Wildman–Crippen MR) is 72.5 cm³/mol. The Morgan fingerprint density at radius 3 is 2.76 bits per heavy atom. The van der Waals surface area contributed by atoms with Crippen LogP contribution in [0.1, 0.15) is 19.8 Å². The SMILES string of the molecule is CC1(C2CC2)Nc2cc(F)c(I)cc2NC1=O. The van der Waals surface area contributed by atoms with Crippen LogP contribution < -0.4 is 10.6 Å². The molecule has 0 spiro atoms. The Morgan fingerprint density at radius 1 is 1.41 bits per heavy atom. The molecule has 1 aliphatic heterocycles. The number of hydrogen-bond acceptors (Lipinski definition) is 2. The second-order valence-corrected chi connectivity index (χ2v) is 6.03. The lowest BCUT2D eigenvalue weighted by Gasteiger charge is -2.36. The van der Waals surface area contributed by atoms with Gasteiger partial charge in [0.15, 0.2) is 0 Å². The summed E-state index contributed by atoms with van der Waals surface area (Å²) in [5, 5.41) is 6.06. The molecule has 0 radical (unpaired) electrons. The quantitative estimate of drug-likeness (QED) is 0.768. The molecule has 1 aliphatic carbocycles. The van der Waals surface area contributed by atoms with Crippen LogP contribution in [-0.4, -0.2) is 11.4 Å². The van der Waals surface area contributed by atoms with Crippen LogP contribution in [0, 0.1) is 15.3 Å². The van der Waals surface area contributed by atoms with Crippen LogP contribution >= 0.6 is 22.6 Å². The van der Waals surface area contributed by atoms with Gasteiger partial charge in [0.25, 0.3) is 0 Å². The zero-order valence-electron chi connectivity index (χ0n) is 9.31. The van der Waals surface area contributed by atoms with E-state index in [0.717, 1.165) is 12.8 Å². The fraction of sp³-hybridized carbons (Fsp3) is 0.417. The van der Waals surface area contributed by atoms with E-state index in [1.54, 1.807) is 6.07 Å². The van der Waals surface area contributed by atoms with Crippen molar-refractivity contribution < 1.29 is 9.18 Å². The van der Waals surface area contributed by atoms with Crippen molar-refractivity contribution in [2.75, 3.05) is 10.6 Å². The Hall–Kier alpha value is -0.850. The molecule has 5 heteroatoms. The highest BCUT2D eigenvalue weighted by atomic mass is 127. The molecule has 0 aromatic heterocycles. The minimum Gasteiger partial charge on any atom is -0.369 e. The average molecular weight is 346 g/mol. The molecule has 0 bridgehead atoms. The van der Waals surface area contributed by atoms with E-state index in [1.807, 2.05) is 29.5 Å². The van der Waals surface area contributed by atoms with Gasteiger partial charge in [0.05, 0.1) is 14.9 Å². The summed E-state index contributed by atoms with van der Waals surface area (Å²) in [5.41, 5.74) is 0.752. The number of amides is 1. The third-order valence-corrected chi connectivity index (χ3v) is 4.40. The summed E-state index contributed by atoms with van der Waals surface area (Å²) in [4.78, 5) is 12.1. The molecule has 1 unspecified atom stereocenters. The van der Waals surface area contributed by atoms with Crippen LogP contribution in [0.3, 0.4) is 0 Å². The number of carbonyl (C=O) groups is 1. The van der Waals surface area contributed by atoms with Gasteiger partial charge >= 0.3 is 0 Å². The van der Waals surface area contributed by atoms with E-state index in [2.05, 4.69) is 10.6 Å². The van der Waals surface area contributed by atoms with Crippen molar-refractivity contribution in [3.05, 3.63) is 21.5 Å². The molecule has 90 valence electrons. The molecular weight excluding hydrogens is 334 g/mol. The third-order valence-electron chi connectivity index (χ3n) is 3.57. The van der Waals surface area contributed by atoms with Gasteiger partial charge in [-0.3, -0.25) is 4.79 Å². The highest BCUT2D eigenvalue weighted by Gasteiger charge is 2.49. The summed E-state index contributed by atoms with van der Waals surface area (Å²) in [6, 6.07) is 3.11. The second kappa shape index (κ2) is 3.57. The average Bonchev–Trinajstić information content (AvgIpc) is 3.07. The first-order chi connectivity index (χ1) is 8.00. The highest BCUT2D eigenvalue weighted by molar-refractivity contribution is 14.1. The number of benzene rings is 1. The normalized spacial score (nSPS) is 27.1. The number of hydrogen-bond donors (Lipinski definition) is 2. The van der Waals surface area contributed by atoms with Gasteiger partial charge < -0.3 is 10.6 Å². The standard InChI is InChI=1S/C12H12FIN2O/c1-12(6-2-3-6)11(17)15-9-5-8(14)7(13)4-10(9)16-12/h4-6,16H,2-3H2,1H3,(H,15,17). The minimum atomic E-state index is -0.591. The van der Waals surface area contributed by atoms with Gasteiger partial charge in [-0.25, -0.2) is 4.39 Å². The Bertz CT molecular complexity index is 515. The van der Waals surface area contributed by atoms with Gasteiger partial charge in [0.1, 0.15) is 11.4 Å². The van der Waals surface area contributed by atoms with Crippen LogP contribution in [-0.2, 0) is 4.79 Å². The smallest absolute Gasteiger partial charge is 0.250 e. The van der Waals surface area contributed by atoms with Gasteiger partial charge in [-0.2, -0.15) is 0 Å². The number of nitrogens with one attached hydrogen (secondary N) is 2.